The van der Waals surface area contributed by atoms with Gasteiger partial charge in [0.25, 0.3) is 0 Å². The second kappa shape index (κ2) is 11.5. The number of carbonyl (C=O) groups is 2. The Morgan fingerprint density at radius 1 is 1.05 bits per heavy atom. The number of hydrogen-bond acceptors (Lipinski definition) is 6. The van der Waals surface area contributed by atoms with E-state index in [1.165, 1.54) is 10.4 Å². The number of carbonyl (C=O) groups excluding carboxylic acids is 1. The molecule has 0 atom stereocenters. The van der Waals surface area contributed by atoms with Crippen molar-refractivity contribution in [2.45, 2.75) is 46.1 Å². The molecule has 0 saturated carbocycles. The lowest BCUT2D eigenvalue weighted by Gasteiger charge is -2.30. The predicted molar refractivity (Wildman–Crippen MR) is 147 cm³/mol. The fourth-order valence-corrected chi connectivity index (χ4v) is 4.90. The van der Waals surface area contributed by atoms with Gasteiger partial charge in [0.05, 0.1) is 18.7 Å². The zero-order chi connectivity index (χ0) is 27.4. The Balaban J connectivity index is 1.26. The van der Waals surface area contributed by atoms with Crippen LogP contribution < -0.4 is 9.64 Å². The van der Waals surface area contributed by atoms with Crippen LogP contribution in [0.15, 0.2) is 60.7 Å². The van der Waals surface area contributed by atoms with Gasteiger partial charge < -0.3 is 14.7 Å². The molecule has 0 aliphatic carbocycles. The third-order valence-electron chi connectivity index (χ3n) is 7.09. The fourth-order valence-electron chi connectivity index (χ4n) is 4.90. The molecule has 0 fully saturated rings. The highest BCUT2D eigenvalue weighted by atomic mass is 16.5. The van der Waals surface area contributed by atoms with Crippen LogP contribution in [0.25, 0.3) is 11.4 Å². The van der Waals surface area contributed by atoms with Crippen LogP contribution in [0.4, 0.5) is 5.69 Å². The number of hydrogen-bond donors (Lipinski definition) is 1. The number of aromatic nitrogens is 4. The van der Waals surface area contributed by atoms with Crippen LogP contribution in [0.2, 0.25) is 0 Å². The average molecular weight is 526 g/mol. The van der Waals surface area contributed by atoms with E-state index in [1.54, 1.807) is 18.2 Å². The van der Waals surface area contributed by atoms with E-state index in [0.717, 1.165) is 46.5 Å². The number of ether oxygens (including phenoxy) is 1. The van der Waals surface area contributed by atoms with Crippen LogP contribution in [-0.2, 0) is 17.8 Å². The maximum atomic E-state index is 13.2. The number of anilines is 1. The second-order valence-corrected chi connectivity index (χ2v) is 9.75. The summed E-state index contributed by atoms with van der Waals surface area (Å²) in [7, 11) is 0. The molecule has 4 aromatic rings. The molecule has 200 valence electrons. The first kappa shape index (κ1) is 26.1. The Labute approximate surface area is 227 Å². The smallest absolute Gasteiger partial charge is 0.335 e. The summed E-state index contributed by atoms with van der Waals surface area (Å²) >= 11 is 0. The Bertz CT molecular complexity index is 1510. The third kappa shape index (κ3) is 5.82. The van der Waals surface area contributed by atoms with Gasteiger partial charge in [-0.15, -0.1) is 10.2 Å². The van der Waals surface area contributed by atoms with E-state index >= 15 is 0 Å². The van der Waals surface area contributed by atoms with E-state index in [4.69, 9.17) is 4.74 Å². The fraction of sp³-hybridized carbons (Fsp3) is 0.300. The van der Waals surface area contributed by atoms with E-state index in [-0.39, 0.29) is 11.5 Å². The van der Waals surface area contributed by atoms with Crippen LogP contribution in [0.1, 0.15) is 51.9 Å². The summed E-state index contributed by atoms with van der Waals surface area (Å²) in [6, 6.07) is 18.5. The van der Waals surface area contributed by atoms with Crippen molar-refractivity contribution in [3.05, 3.63) is 88.5 Å². The summed E-state index contributed by atoms with van der Waals surface area (Å²) in [6.07, 6.45) is 2.71. The van der Waals surface area contributed by atoms with Gasteiger partial charge in [-0.2, -0.15) is 4.80 Å². The molecule has 0 unspecified atom stereocenters. The molecule has 3 aromatic carbocycles. The van der Waals surface area contributed by atoms with Crippen LogP contribution >= 0.6 is 0 Å². The van der Waals surface area contributed by atoms with Gasteiger partial charge in [0.1, 0.15) is 5.75 Å². The predicted octanol–water partition coefficient (Wildman–Crippen LogP) is 4.84. The average Bonchev–Trinajstić information content (AvgIpc) is 3.40. The van der Waals surface area contributed by atoms with E-state index in [2.05, 4.69) is 28.4 Å². The first-order valence-electron chi connectivity index (χ1n) is 13.1. The lowest BCUT2D eigenvalue weighted by Crippen LogP contribution is -2.35. The highest BCUT2D eigenvalue weighted by Crippen LogP contribution is 2.34. The number of amides is 1. The largest absolute Gasteiger partial charge is 0.493 e. The van der Waals surface area contributed by atoms with Crippen molar-refractivity contribution >= 4 is 17.6 Å². The van der Waals surface area contributed by atoms with Gasteiger partial charge >= 0.3 is 5.97 Å². The van der Waals surface area contributed by atoms with Gasteiger partial charge in [-0.1, -0.05) is 36.4 Å². The molecule has 1 amide bonds. The Hall–Kier alpha value is -4.53. The van der Waals surface area contributed by atoms with Crippen LogP contribution in [0.3, 0.4) is 0 Å². The molecule has 0 saturated heterocycles. The van der Waals surface area contributed by atoms with Gasteiger partial charge in [-0.3, -0.25) is 4.79 Å². The molecule has 0 spiro atoms. The highest BCUT2D eigenvalue weighted by Gasteiger charge is 2.25. The number of aromatic carboxylic acids is 1. The number of nitrogens with zero attached hydrogens (tertiary/aromatic N) is 5. The van der Waals surface area contributed by atoms with Crippen molar-refractivity contribution in [1.82, 2.24) is 20.2 Å². The number of fused-ring (bicyclic) bond motifs is 1. The first-order valence-corrected chi connectivity index (χ1v) is 13.1. The minimum atomic E-state index is -0.979. The van der Waals surface area contributed by atoms with Gasteiger partial charge in [0.2, 0.25) is 11.7 Å². The number of rotatable bonds is 9. The molecule has 0 bridgehead atoms. The molecule has 1 aliphatic rings. The lowest BCUT2D eigenvalue weighted by atomic mass is 9.95. The third-order valence-corrected chi connectivity index (χ3v) is 7.09. The zero-order valence-electron chi connectivity index (χ0n) is 22.1. The van der Waals surface area contributed by atoms with Gasteiger partial charge in [0, 0.05) is 24.2 Å². The standard InChI is InChI=1S/C30H31N5O4/c1-20-8-3-14-27(21(20)2)39-17-7-15-28(36)34-16-6-12-24-25(11-5-13-26(24)34)29-31-33-35(32-29)19-22-9-4-10-23(18-22)30(37)38/h3-5,8-11,13-14,18H,6-7,12,15-17,19H2,1-2H3,(H,37,38). The summed E-state index contributed by atoms with van der Waals surface area (Å²) in [4.78, 5) is 27.8. The molecule has 9 nitrogen and oxygen atoms in total. The Morgan fingerprint density at radius 3 is 2.72 bits per heavy atom. The zero-order valence-corrected chi connectivity index (χ0v) is 22.1. The molecular formula is C30H31N5O4. The minimum absolute atomic E-state index is 0.0765. The monoisotopic (exact) mass is 525 g/mol. The Morgan fingerprint density at radius 2 is 1.87 bits per heavy atom. The lowest BCUT2D eigenvalue weighted by molar-refractivity contribution is -0.118. The van der Waals surface area contributed by atoms with Gasteiger partial charge in [-0.05, 0) is 84.8 Å². The summed E-state index contributed by atoms with van der Waals surface area (Å²) < 4.78 is 5.94. The van der Waals surface area contributed by atoms with Crippen LogP contribution in [0, 0.1) is 13.8 Å². The van der Waals surface area contributed by atoms with E-state index in [9.17, 15) is 14.7 Å². The molecule has 39 heavy (non-hydrogen) atoms. The number of aryl methyl sites for hydroxylation is 1. The molecule has 9 heteroatoms. The molecular weight excluding hydrogens is 494 g/mol. The van der Waals surface area contributed by atoms with Crippen molar-refractivity contribution < 1.29 is 19.4 Å². The van der Waals surface area contributed by atoms with Crippen molar-refractivity contribution in [2.24, 2.45) is 0 Å². The van der Waals surface area contributed by atoms with Crippen molar-refractivity contribution in [2.75, 3.05) is 18.1 Å². The van der Waals surface area contributed by atoms with Gasteiger partial charge in [0.15, 0.2) is 0 Å². The summed E-state index contributed by atoms with van der Waals surface area (Å²) in [6.45, 7) is 5.57. The number of tetrazole rings is 1. The molecule has 5 rings (SSSR count). The molecule has 1 N–H and O–H groups in total. The van der Waals surface area contributed by atoms with Crippen molar-refractivity contribution in [3.63, 3.8) is 0 Å². The highest BCUT2D eigenvalue weighted by molar-refractivity contribution is 5.95. The number of benzene rings is 3. The van der Waals surface area contributed by atoms with Crippen molar-refractivity contribution in [1.29, 1.82) is 0 Å². The summed E-state index contributed by atoms with van der Waals surface area (Å²) in [5, 5.41) is 22.3. The van der Waals surface area contributed by atoms with E-state index in [0.29, 0.717) is 38.4 Å². The van der Waals surface area contributed by atoms with Crippen LogP contribution in [-0.4, -0.2) is 50.3 Å². The summed E-state index contributed by atoms with van der Waals surface area (Å²) in [5.74, 6) is 0.448. The molecule has 0 radical (unpaired) electrons. The quantitative estimate of drug-likeness (QED) is 0.311. The maximum Gasteiger partial charge on any atom is 0.335 e. The topological polar surface area (TPSA) is 110 Å². The number of carboxylic acid groups (broad SMARTS) is 1. The van der Waals surface area contributed by atoms with Crippen molar-refractivity contribution in [3.8, 4) is 17.1 Å². The molecule has 1 aromatic heterocycles. The van der Waals surface area contributed by atoms with Gasteiger partial charge in [-0.25, -0.2) is 4.79 Å². The van der Waals surface area contributed by atoms with Crippen LogP contribution in [0.5, 0.6) is 5.75 Å². The normalized spacial score (nSPS) is 12.7. The van der Waals surface area contributed by atoms with E-state index < -0.39 is 5.97 Å². The summed E-state index contributed by atoms with van der Waals surface area (Å²) in [5.41, 5.74) is 6.08. The number of carboxylic acids is 1. The minimum Gasteiger partial charge on any atom is -0.493 e. The first-order chi connectivity index (χ1) is 18.9. The van der Waals surface area contributed by atoms with E-state index in [1.807, 2.05) is 48.2 Å². The second-order valence-electron chi connectivity index (χ2n) is 9.75. The SMILES string of the molecule is Cc1cccc(OCCCC(=O)N2CCCc3c(-c4nnn(Cc5cccc(C(=O)O)c5)n4)cccc32)c1C. The maximum absolute atomic E-state index is 13.2. The molecule has 2 heterocycles. The molecule has 1 aliphatic heterocycles. The Kier molecular flexibility index (Phi) is 7.67.